The molecule has 2 aliphatic rings. The molecule has 0 unspecified atom stereocenters. The zero-order valence-electron chi connectivity index (χ0n) is 16.4. The summed E-state index contributed by atoms with van der Waals surface area (Å²) in [6.45, 7) is 3.22. The van der Waals surface area contributed by atoms with Gasteiger partial charge >= 0.3 is 0 Å². The number of ether oxygens (including phenoxy) is 2. The molecule has 2 aromatic carbocycles. The normalized spacial score (nSPS) is 20.6. The van der Waals surface area contributed by atoms with Crippen molar-refractivity contribution in [1.82, 2.24) is 10.6 Å². The Balaban J connectivity index is 0.000000161. The lowest BCUT2D eigenvalue weighted by atomic mass is 9.97. The van der Waals surface area contributed by atoms with Crippen LogP contribution in [-0.4, -0.2) is 40.4 Å². The fraction of sp³-hybridized carbons (Fsp3) is 0.455. The number of benzene rings is 2. The van der Waals surface area contributed by atoms with Crippen molar-refractivity contribution in [2.45, 2.75) is 25.0 Å². The van der Waals surface area contributed by atoms with Crippen molar-refractivity contribution < 1.29 is 9.47 Å². The fourth-order valence-corrected chi connectivity index (χ4v) is 4.43. The molecule has 2 N–H and O–H groups in total. The van der Waals surface area contributed by atoms with Crippen molar-refractivity contribution >= 4 is 23.2 Å². The highest BCUT2D eigenvalue weighted by atomic mass is 35.5. The third-order valence-electron chi connectivity index (χ3n) is 5.09. The van der Waals surface area contributed by atoms with Gasteiger partial charge in [-0.15, -0.1) is 0 Å². The van der Waals surface area contributed by atoms with E-state index in [-0.39, 0.29) is 12.2 Å². The molecule has 2 aromatic rings. The number of hydrogen-bond acceptors (Lipinski definition) is 4. The van der Waals surface area contributed by atoms with Crippen LogP contribution >= 0.6 is 23.2 Å². The molecule has 0 aliphatic carbocycles. The van der Waals surface area contributed by atoms with E-state index in [2.05, 4.69) is 22.8 Å². The first-order valence-electron chi connectivity index (χ1n) is 9.72. The highest BCUT2D eigenvalue weighted by Gasteiger charge is 2.23. The van der Waals surface area contributed by atoms with Crippen LogP contribution in [0, 0.1) is 0 Å². The first-order chi connectivity index (χ1) is 13.7. The van der Waals surface area contributed by atoms with E-state index in [9.17, 15) is 0 Å². The van der Waals surface area contributed by atoms with Gasteiger partial charge in [-0.2, -0.15) is 0 Å². The van der Waals surface area contributed by atoms with Crippen LogP contribution in [0.2, 0.25) is 10.0 Å². The highest BCUT2D eigenvalue weighted by Crippen LogP contribution is 2.33. The zero-order valence-corrected chi connectivity index (χ0v) is 17.9. The van der Waals surface area contributed by atoms with Crippen molar-refractivity contribution in [3.63, 3.8) is 0 Å². The van der Waals surface area contributed by atoms with Gasteiger partial charge in [-0.05, 0) is 50.2 Å². The van der Waals surface area contributed by atoms with Gasteiger partial charge in [-0.25, -0.2) is 0 Å². The summed E-state index contributed by atoms with van der Waals surface area (Å²) in [4.78, 5) is 0. The number of nitrogens with one attached hydrogen (secondary N) is 2. The second-order valence-corrected chi connectivity index (χ2v) is 7.77. The Morgan fingerprint density at radius 1 is 0.786 bits per heavy atom. The van der Waals surface area contributed by atoms with E-state index in [4.69, 9.17) is 32.7 Å². The summed E-state index contributed by atoms with van der Waals surface area (Å²) in [7, 11) is 3.85. The number of likely N-dealkylation sites (N-methyl/N-ethyl adjacent to an activating group) is 2. The number of rotatable bonds is 4. The molecule has 4 rings (SSSR count). The summed E-state index contributed by atoms with van der Waals surface area (Å²) in [5.41, 5.74) is 4.97. The summed E-state index contributed by atoms with van der Waals surface area (Å²) >= 11 is 12.3. The molecule has 0 saturated carbocycles. The van der Waals surface area contributed by atoms with Crippen molar-refractivity contribution in [2.75, 3.05) is 40.4 Å². The first-order valence-corrected chi connectivity index (χ1v) is 10.5. The SMILES string of the molecule is CNC[C@@H]1OCCc2cccc(Cl)c21.CNC[C@H]1OCCc2cccc(Cl)c21. The Kier molecular flexibility index (Phi) is 8.15. The molecule has 0 bridgehead atoms. The Morgan fingerprint density at radius 3 is 1.61 bits per heavy atom. The van der Waals surface area contributed by atoms with Gasteiger partial charge in [0.15, 0.2) is 0 Å². The molecule has 152 valence electrons. The molecule has 2 heterocycles. The van der Waals surface area contributed by atoms with Gasteiger partial charge in [0.25, 0.3) is 0 Å². The van der Waals surface area contributed by atoms with Crippen LogP contribution in [0.25, 0.3) is 0 Å². The number of fused-ring (bicyclic) bond motifs is 2. The standard InChI is InChI=1S/2C11H14ClNO/c2*1-13-7-10-11-8(5-6-14-10)3-2-4-9(11)12/h2*2-4,10,13H,5-7H2,1H3/t2*10-/m10/s1. The van der Waals surface area contributed by atoms with Gasteiger partial charge in [0.2, 0.25) is 0 Å². The van der Waals surface area contributed by atoms with E-state index in [0.717, 1.165) is 60.3 Å². The third-order valence-corrected chi connectivity index (χ3v) is 5.75. The molecule has 0 aromatic heterocycles. The van der Waals surface area contributed by atoms with Gasteiger partial charge in [0.1, 0.15) is 0 Å². The van der Waals surface area contributed by atoms with E-state index in [1.807, 2.05) is 38.4 Å². The van der Waals surface area contributed by atoms with Crippen LogP contribution in [0.5, 0.6) is 0 Å². The van der Waals surface area contributed by atoms with Gasteiger partial charge in [0.05, 0.1) is 25.4 Å². The molecule has 0 saturated heterocycles. The first kappa shape index (κ1) is 21.6. The second-order valence-electron chi connectivity index (χ2n) is 6.96. The van der Waals surface area contributed by atoms with Crippen LogP contribution in [0.3, 0.4) is 0 Å². The molecule has 2 atom stereocenters. The molecular weight excluding hydrogens is 395 g/mol. The van der Waals surface area contributed by atoms with E-state index < -0.39 is 0 Å². The number of hydrogen-bond donors (Lipinski definition) is 2. The minimum Gasteiger partial charge on any atom is -0.372 e. The van der Waals surface area contributed by atoms with Crippen molar-refractivity contribution in [3.05, 3.63) is 68.7 Å². The largest absolute Gasteiger partial charge is 0.372 e. The van der Waals surface area contributed by atoms with Gasteiger partial charge in [0, 0.05) is 34.3 Å². The Morgan fingerprint density at radius 2 is 1.21 bits per heavy atom. The van der Waals surface area contributed by atoms with E-state index >= 15 is 0 Å². The Bertz CT molecular complexity index is 720. The fourth-order valence-electron chi connectivity index (χ4n) is 3.80. The van der Waals surface area contributed by atoms with Crippen molar-refractivity contribution in [1.29, 1.82) is 0 Å². The lowest BCUT2D eigenvalue weighted by Gasteiger charge is -2.26. The summed E-state index contributed by atoms with van der Waals surface area (Å²) in [6.07, 6.45) is 2.15. The van der Waals surface area contributed by atoms with Crippen LogP contribution < -0.4 is 10.6 Å². The number of halogens is 2. The predicted octanol–water partition coefficient (Wildman–Crippen LogP) is 4.35. The molecule has 0 fully saturated rings. The van der Waals surface area contributed by atoms with Gasteiger partial charge in [-0.1, -0.05) is 47.5 Å². The minimum atomic E-state index is 0.109. The van der Waals surface area contributed by atoms with Gasteiger partial charge < -0.3 is 20.1 Å². The molecular formula is C22H28Cl2N2O2. The van der Waals surface area contributed by atoms with Crippen molar-refractivity contribution in [3.8, 4) is 0 Å². The Hall–Kier alpha value is -1.14. The van der Waals surface area contributed by atoms with Gasteiger partial charge in [-0.3, -0.25) is 0 Å². The van der Waals surface area contributed by atoms with Crippen LogP contribution in [0.1, 0.15) is 34.5 Å². The molecule has 0 amide bonds. The van der Waals surface area contributed by atoms with E-state index in [0.29, 0.717) is 0 Å². The average molecular weight is 423 g/mol. The molecule has 0 spiro atoms. The quantitative estimate of drug-likeness (QED) is 0.768. The second kappa shape index (κ2) is 10.6. The maximum atomic E-state index is 6.16. The van der Waals surface area contributed by atoms with Crippen molar-refractivity contribution in [2.24, 2.45) is 0 Å². The summed E-state index contributed by atoms with van der Waals surface area (Å²) in [5, 5.41) is 7.89. The highest BCUT2D eigenvalue weighted by molar-refractivity contribution is 6.31. The summed E-state index contributed by atoms with van der Waals surface area (Å²) < 4.78 is 11.4. The smallest absolute Gasteiger partial charge is 0.0966 e. The van der Waals surface area contributed by atoms with Crippen LogP contribution in [-0.2, 0) is 22.3 Å². The lowest BCUT2D eigenvalue weighted by Crippen LogP contribution is -2.25. The Labute approximate surface area is 177 Å². The monoisotopic (exact) mass is 422 g/mol. The lowest BCUT2D eigenvalue weighted by molar-refractivity contribution is 0.0438. The van der Waals surface area contributed by atoms with Crippen LogP contribution in [0.15, 0.2) is 36.4 Å². The summed E-state index contributed by atoms with van der Waals surface area (Å²) in [5.74, 6) is 0. The maximum absolute atomic E-state index is 6.16. The zero-order chi connectivity index (χ0) is 19.9. The summed E-state index contributed by atoms with van der Waals surface area (Å²) in [6, 6.07) is 12.1. The topological polar surface area (TPSA) is 42.5 Å². The average Bonchev–Trinajstić information content (AvgIpc) is 2.70. The molecule has 4 nitrogen and oxygen atoms in total. The maximum Gasteiger partial charge on any atom is 0.0966 e. The van der Waals surface area contributed by atoms with E-state index in [1.165, 1.54) is 11.1 Å². The molecule has 6 heteroatoms. The van der Waals surface area contributed by atoms with Crippen LogP contribution in [0.4, 0.5) is 0 Å². The minimum absolute atomic E-state index is 0.109. The molecule has 0 radical (unpaired) electrons. The van der Waals surface area contributed by atoms with E-state index in [1.54, 1.807) is 0 Å². The molecule has 28 heavy (non-hydrogen) atoms. The predicted molar refractivity (Wildman–Crippen MR) is 116 cm³/mol. The third kappa shape index (κ3) is 5.07. The molecule has 2 aliphatic heterocycles.